The van der Waals surface area contributed by atoms with E-state index in [-0.39, 0.29) is 24.4 Å². The molecule has 0 aliphatic carbocycles. The minimum atomic E-state index is -0.922. The van der Waals surface area contributed by atoms with E-state index in [0.29, 0.717) is 42.5 Å². The standard InChI is InChI=1S/C20H22N8O3S/c1-12(15-10-24-18(32-15)25-13(2)29)27-5-3-20(4-6-27)17(30)28(19(31)26-20)11-16-22-8-14(7-21)9-23-16/h8-10,12H,3-6,11H2,1-2H3,(H,26,31)(H,24,25,29)/t12-/m1/s1. The van der Waals surface area contributed by atoms with Crippen molar-refractivity contribution in [2.75, 3.05) is 18.4 Å². The molecule has 2 fully saturated rings. The maximum Gasteiger partial charge on any atom is 0.325 e. The number of likely N-dealkylation sites (tertiary alicyclic amines) is 1. The number of carbonyl (C=O) groups is 3. The zero-order chi connectivity index (χ0) is 22.9. The summed E-state index contributed by atoms with van der Waals surface area (Å²) in [5, 5.41) is 15.0. The Bertz CT molecular complexity index is 1090. The van der Waals surface area contributed by atoms with Crippen molar-refractivity contribution in [1.29, 1.82) is 5.26 Å². The quantitative estimate of drug-likeness (QED) is 0.645. The van der Waals surface area contributed by atoms with Gasteiger partial charge in [-0.3, -0.25) is 19.4 Å². The van der Waals surface area contributed by atoms with Gasteiger partial charge in [-0.25, -0.2) is 19.7 Å². The highest BCUT2D eigenvalue weighted by Gasteiger charge is 2.52. The number of nitrogens with one attached hydrogen (secondary N) is 2. The number of imide groups is 1. The lowest BCUT2D eigenvalue weighted by molar-refractivity contribution is -0.133. The van der Waals surface area contributed by atoms with Crippen molar-refractivity contribution in [3.05, 3.63) is 34.9 Å². The van der Waals surface area contributed by atoms with E-state index in [1.54, 1.807) is 6.20 Å². The van der Waals surface area contributed by atoms with E-state index in [4.69, 9.17) is 5.26 Å². The number of anilines is 1. The van der Waals surface area contributed by atoms with Gasteiger partial charge in [-0.05, 0) is 19.8 Å². The number of piperidine rings is 1. The molecule has 0 saturated carbocycles. The van der Waals surface area contributed by atoms with Crippen LogP contribution in [0.3, 0.4) is 0 Å². The summed E-state index contributed by atoms with van der Waals surface area (Å²) in [5.41, 5.74) is -0.608. The van der Waals surface area contributed by atoms with Gasteiger partial charge in [-0.15, -0.1) is 11.3 Å². The molecule has 2 aliphatic rings. The molecule has 4 heterocycles. The van der Waals surface area contributed by atoms with Gasteiger partial charge in [0.1, 0.15) is 17.4 Å². The van der Waals surface area contributed by atoms with Crippen LogP contribution in [0.1, 0.15) is 49.0 Å². The Morgan fingerprint density at radius 1 is 1.28 bits per heavy atom. The lowest BCUT2D eigenvalue weighted by atomic mass is 9.87. The van der Waals surface area contributed by atoms with E-state index in [2.05, 4.69) is 37.4 Å². The Balaban J connectivity index is 1.39. The Labute approximate surface area is 188 Å². The molecule has 2 N–H and O–H groups in total. The van der Waals surface area contributed by atoms with Gasteiger partial charge in [0, 0.05) is 49.5 Å². The van der Waals surface area contributed by atoms with Crippen LogP contribution in [0.4, 0.5) is 9.93 Å². The minimum absolute atomic E-state index is 0.0367. The zero-order valence-electron chi connectivity index (χ0n) is 17.7. The van der Waals surface area contributed by atoms with Gasteiger partial charge in [-0.1, -0.05) is 0 Å². The zero-order valence-corrected chi connectivity index (χ0v) is 18.5. The third-order valence-corrected chi connectivity index (χ3v) is 6.88. The van der Waals surface area contributed by atoms with Crippen LogP contribution in [-0.4, -0.2) is 61.2 Å². The molecule has 4 rings (SSSR count). The number of hydrogen-bond acceptors (Lipinski definition) is 9. The first kappa shape index (κ1) is 21.8. The predicted molar refractivity (Wildman–Crippen MR) is 114 cm³/mol. The maximum absolute atomic E-state index is 13.1. The van der Waals surface area contributed by atoms with Crippen molar-refractivity contribution in [2.45, 2.75) is 44.8 Å². The van der Waals surface area contributed by atoms with Crippen molar-refractivity contribution in [3.63, 3.8) is 0 Å². The molecule has 0 bridgehead atoms. The monoisotopic (exact) mass is 454 g/mol. The van der Waals surface area contributed by atoms with Gasteiger partial charge in [0.15, 0.2) is 5.13 Å². The molecule has 166 valence electrons. The second-order valence-corrected chi connectivity index (χ2v) is 8.93. The Morgan fingerprint density at radius 2 is 1.97 bits per heavy atom. The second kappa shape index (κ2) is 8.60. The number of amides is 4. The number of hydrogen-bond donors (Lipinski definition) is 2. The smallest absolute Gasteiger partial charge is 0.323 e. The topological polar surface area (TPSA) is 144 Å². The van der Waals surface area contributed by atoms with Gasteiger partial charge in [-0.2, -0.15) is 5.26 Å². The summed E-state index contributed by atoms with van der Waals surface area (Å²) in [7, 11) is 0. The van der Waals surface area contributed by atoms with Gasteiger partial charge in [0.25, 0.3) is 5.91 Å². The normalized spacial score (nSPS) is 19.0. The van der Waals surface area contributed by atoms with Crippen LogP contribution in [-0.2, 0) is 16.1 Å². The molecule has 2 saturated heterocycles. The maximum atomic E-state index is 13.1. The molecule has 1 spiro atoms. The Hall–Kier alpha value is -3.43. The molecule has 0 unspecified atom stereocenters. The van der Waals surface area contributed by atoms with E-state index in [1.165, 1.54) is 30.7 Å². The summed E-state index contributed by atoms with van der Waals surface area (Å²) in [5.74, 6) is -0.130. The van der Waals surface area contributed by atoms with Crippen LogP contribution in [0.5, 0.6) is 0 Å². The first-order valence-electron chi connectivity index (χ1n) is 10.1. The molecule has 4 amide bonds. The minimum Gasteiger partial charge on any atom is -0.323 e. The van der Waals surface area contributed by atoms with E-state index in [0.717, 1.165) is 9.78 Å². The molecule has 11 nitrogen and oxygen atoms in total. The molecule has 0 radical (unpaired) electrons. The summed E-state index contributed by atoms with van der Waals surface area (Å²) < 4.78 is 0. The average Bonchev–Trinajstić information content (AvgIpc) is 3.32. The highest BCUT2D eigenvalue weighted by molar-refractivity contribution is 7.15. The SMILES string of the molecule is CC(=O)Nc1ncc([C@@H](C)N2CCC3(CC2)NC(=O)N(Cc2ncc(C#N)cn2)C3=O)s1. The van der Waals surface area contributed by atoms with E-state index >= 15 is 0 Å². The van der Waals surface area contributed by atoms with E-state index < -0.39 is 11.6 Å². The highest BCUT2D eigenvalue weighted by Crippen LogP contribution is 2.35. The molecular weight excluding hydrogens is 432 g/mol. The molecule has 1 atom stereocenters. The van der Waals surface area contributed by atoms with Gasteiger partial charge in [0.05, 0.1) is 12.1 Å². The fourth-order valence-corrected chi connectivity index (χ4v) is 4.90. The molecular formula is C20H22N8O3S. The summed E-state index contributed by atoms with van der Waals surface area (Å²) in [6.45, 7) is 4.72. The largest absolute Gasteiger partial charge is 0.325 e. The molecule has 12 heteroatoms. The van der Waals surface area contributed by atoms with Crippen LogP contribution in [0, 0.1) is 11.3 Å². The lowest BCUT2D eigenvalue weighted by Crippen LogP contribution is -2.55. The van der Waals surface area contributed by atoms with Crippen LogP contribution in [0.25, 0.3) is 0 Å². The molecule has 2 aromatic rings. The lowest BCUT2D eigenvalue weighted by Gasteiger charge is -2.39. The number of aromatic nitrogens is 3. The third kappa shape index (κ3) is 4.17. The van der Waals surface area contributed by atoms with E-state index in [1.807, 2.05) is 6.07 Å². The fourth-order valence-electron chi connectivity index (χ4n) is 3.96. The number of carbonyl (C=O) groups excluding carboxylic acids is 3. The van der Waals surface area contributed by atoms with Gasteiger partial charge >= 0.3 is 6.03 Å². The fraction of sp³-hybridized carbons (Fsp3) is 0.450. The van der Waals surface area contributed by atoms with Crippen molar-refractivity contribution < 1.29 is 14.4 Å². The first-order chi connectivity index (χ1) is 15.3. The second-order valence-electron chi connectivity index (χ2n) is 7.86. The van der Waals surface area contributed by atoms with Crippen LogP contribution >= 0.6 is 11.3 Å². The van der Waals surface area contributed by atoms with Crippen LogP contribution in [0.2, 0.25) is 0 Å². The van der Waals surface area contributed by atoms with E-state index in [9.17, 15) is 14.4 Å². The summed E-state index contributed by atoms with van der Waals surface area (Å²) in [6.07, 6.45) is 5.47. The van der Waals surface area contributed by atoms with Gasteiger partial charge in [0.2, 0.25) is 5.91 Å². The number of thiazole rings is 1. The average molecular weight is 455 g/mol. The van der Waals surface area contributed by atoms with Crippen molar-refractivity contribution >= 4 is 34.3 Å². The highest BCUT2D eigenvalue weighted by atomic mass is 32.1. The first-order valence-corrected chi connectivity index (χ1v) is 11.0. The van der Waals surface area contributed by atoms with Crippen LogP contribution in [0.15, 0.2) is 18.6 Å². The van der Waals surface area contributed by atoms with Gasteiger partial charge < -0.3 is 10.6 Å². The summed E-state index contributed by atoms with van der Waals surface area (Å²) in [4.78, 5) is 53.7. The van der Waals surface area contributed by atoms with Crippen molar-refractivity contribution in [1.82, 2.24) is 30.1 Å². The molecule has 0 aromatic carbocycles. The Kier molecular flexibility index (Phi) is 5.86. The molecule has 32 heavy (non-hydrogen) atoms. The number of nitriles is 1. The molecule has 2 aromatic heterocycles. The third-order valence-electron chi connectivity index (χ3n) is 5.80. The van der Waals surface area contributed by atoms with Crippen molar-refractivity contribution in [3.8, 4) is 6.07 Å². The summed E-state index contributed by atoms with van der Waals surface area (Å²) >= 11 is 1.43. The number of nitrogens with zero attached hydrogens (tertiary/aromatic N) is 6. The van der Waals surface area contributed by atoms with Crippen molar-refractivity contribution in [2.24, 2.45) is 0 Å². The number of urea groups is 1. The predicted octanol–water partition coefficient (Wildman–Crippen LogP) is 1.41. The molecule has 2 aliphatic heterocycles. The number of rotatable bonds is 5. The Morgan fingerprint density at radius 3 is 2.59 bits per heavy atom. The van der Waals surface area contributed by atoms with Crippen LogP contribution < -0.4 is 10.6 Å². The summed E-state index contributed by atoms with van der Waals surface area (Å²) in [6, 6.07) is 1.56.